The number of nitrogens with one attached hydrogen (secondary N) is 3. The number of rotatable bonds is 21. The lowest BCUT2D eigenvalue weighted by Crippen LogP contribution is -2.15. The highest BCUT2D eigenvalue weighted by Crippen LogP contribution is 2.29. The van der Waals surface area contributed by atoms with Gasteiger partial charge in [0.1, 0.15) is 53.0 Å². The first-order chi connectivity index (χ1) is 35.0. The molecule has 0 aliphatic carbocycles. The first kappa shape index (κ1) is 52.0. The van der Waals surface area contributed by atoms with Gasteiger partial charge in [-0.25, -0.2) is 15.0 Å². The van der Waals surface area contributed by atoms with Crippen LogP contribution in [0.1, 0.15) is 40.0 Å². The summed E-state index contributed by atoms with van der Waals surface area (Å²) in [5.74, 6) is 5.67. The van der Waals surface area contributed by atoms with Gasteiger partial charge < -0.3 is 48.6 Å². The van der Waals surface area contributed by atoms with E-state index in [1.165, 1.54) is 0 Å². The van der Waals surface area contributed by atoms with E-state index in [9.17, 15) is 9.59 Å². The molecule has 9 aromatic rings. The van der Waals surface area contributed by atoms with Crippen LogP contribution in [0, 0.1) is 0 Å². The molecule has 0 aliphatic heterocycles. The molecule has 15 heteroatoms. The molecule has 0 aliphatic rings. The van der Waals surface area contributed by atoms with Gasteiger partial charge in [-0.3, -0.25) is 9.59 Å². The van der Waals surface area contributed by atoms with Crippen molar-refractivity contribution in [3.8, 4) is 57.2 Å². The van der Waals surface area contributed by atoms with Crippen molar-refractivity contribution in [2.24, 2.45) is 0 Å². The van der Waals surface area contributed by atoms with E-state index >= 15 is 0 Å². The number of carbonyl (C=O) groups is 2. The van der Waals surface area contributed by atoms with Gasteiger partial charge in [0.2, 0.25) is 0 Å². The van der Waals surface area contributed by atoms with E-state index in [0.29, 0.717) is 36.7 Å². The molecule has 3 N–H and O–H groups in total. The number of fused-ring (bicyclic) bond motifs is 3. The summed E-state index contributed by atoms with van der Waals surface area (Å²) in [6.07, 6.45) is 4.59. The van der Waals surface area contributed by atoms with Crippen LogP contribution < -0.4 is 18.9 Å². The van der Waals surface area contributed by atoms with Crippen LogP contribution in [0.5, 0.6) is 23.0 Å². The normalized spacial score (nSPS) is 11.1. The lowest BCUT2D eigenvalue weighted by atomic mass is 10.1. The molecule has 72 heavy (non-hydrogen) atoms. The number of H-pyrrole nitrogens is 3. The van der Waals surface area contributed by atoms with Crippen LogP contribution >= 0.6 is 0 Å². The van der Waals surface area contributed by atoms with E-state index in [2.05, 4.69) is 95.1 Å². The molecule has 0 amide bonds. The zero-order chi connectivity index (χ0) is 50.8. The fourth-order valence-corrected chi connectivity index (χ4v) is 7.61. The second kappa shape index (κ2) is 25.8. The van der Waals surface area contributed by atoms with Crippen LogP contribution in [0.25, 0.3) is 67.3 Å². The number of hydrogen-bond donors (Lipinski definition) is 3. The van der Waals surface area contributed by atoms with Gasteiger partial charge in [-0.2, -0.15) is 0 Å². The summed E-state index contributed by atoms with van der Waals surface area (Å²) < 4.78 is 22.6. The van der Waals surface area contributed by atoms with Crippen LogP contribution in [0.15, 0.2) is 127 Å². The average molecular weight is 972 g/mol. The Morgan fingerprint density at radius 3 is 1.22 bits per heavy atom. The number of benzene rings is 6. The molecular formula is C57H65N9O6. The first-order valence-corrected chi connectivity index (χ1v) is 24.0. The number of hydrogen-bond acceptors (Lipinski definition) is 12. The molecule has 0 radical (unpaired) electrons. The van der Waals surface area contributed by atoms with Crippen molar-refractivity contribution in [1.82, 2.24) is 44.6 Å². The Hall–Kier alpha value is -7.85. The van der Waals surface area contributed by atoms with E-state index in [1.54, 1.807) is 43.5 Å². The Morgan fingerprint density at radius 2 is 0.833 bits per heavy atom. The number of carbonyl (C=O) groups excluding carboxylic acids is 2. The van der Waals surface area contributed by atoms with Gasteiger partial charge in [0, 0.05) is 65.7 Å². The van der Waals surface area contributed by atoms with Crippen molar-refractivity contribution in [3.05, 3.63) is 139 Å². The molecule has 9 rings (SSSR count). The quantitative estimate of drug-likeness (QED) is 0.0461. The number of aldehydes is 2. The Kier molecular flexibility index (Phi) is 18.7. The highest BCUT2D eigenvalue weighted by molar-refractivity contribution is 5.84. The molecular weight excluding hydrogens is 907 g/mol. The van der Waals surface area contributed by atoms with E-state index in [1.807, 2.05) is 72.8 Å². The number of aromatic nitrogens is 6. The maximum Gasteiger partial charge on any atom is 0.150 e. The average Bonchev–Trinajstić information content (AvgIpc) is 4.15. The molecule has 0 spiro atoms. The smallest absolute Gasteiger partial charge is 0.150 e. The number of nitrogens with zero attached hydrogens (tertiary/aromatic N) is 6. The van der Waals surface area contributed by atoms with E-state index in [4.69, 9.17) is 28.9 Å². The molecule has 0 bridgehead atoms. The number of imidazole rings is 3. The van der Waals surface area contributed by atoms with Crippen LogP contribution in [-0.4, -0.2) is 146 Å². The highest BCUT2D eigenvalue weighted by Gasteiger charge is 2.12. The van der Waals surface area contributed by atoms with E-state index in [-0.39, 0.29) is 0 Å². The fraction of sp³-hybridized carbons (Fsp3) is 0.281. The standard InChI is InChI=1S/C30H36N6O2.C19H21N3O2.C8H8O2/c1-35(2)14-6-16-37-23-10-12-25-27(19-23)33-29(31-25)21-8-5-9-22(18-21)30-32-26-13-11-24(20-28(26)34-30)38-17-7-15-36(3)4;1-22(2)10-3-11-24-16-8-9-17-18(12-16)21-19(20-17)15-6-4-14(13-23)5-7-15;1-10-8-4-2-3-7(5-8)6-9/h5,8-13,18-20H,6-7,14-17H2,1-4H3,(H,31,33)(H,32,34);4-9,12-13H,3,10-11H2,1-2H3,(H,20,21);2-6H,1H3. The third kappa shape index (κ3) is 15.1. The topological polar surface area (TPSA) is 167 Å². The first-order valence-electron chi connectivity index (χ1n) is 24.0. The molecule has 374 valence electrons. The minimum absolute atomic E-state index is 0.638. The molecule has 0 unspecified atom stereocenters. The van der Waals surface area contributed by atoms with Gasteiger partial charge >= 0.3 is 0 Å². The molecule has 0 saturated carbocycles. The summed E-state index contributed by atoms with van der Waals surface area (Å²) in [6, 6.07) is 40.5. The summed E-state index contributed by atoms with van der Waals surface area (Å²) in [6.45, 7) is 5.09. The van der Waals surface area contributed by atoms with Crippen molar-refractivity contribution < 1.29 is 28.5 Å². The van der Waals surface area contributed by atoms with Gasteiger partial charge in [0.05, 0.1) is 60.0 Å². The molecule has 6 aromatic carbocycles. The third-order valence-electron chi connectivity index (χ3n) is 11.4. The molecule has 0 fully saturated rings. The van der Waals surface area contributed by atoms with E-state index < -0.39 is 0 Å². The van der Waals surface area contributed by atoms with Crippen LogP contribution in [-0.2, 0) is 0 Å². The van der Waals surface area contributed by atoms with Crippen molar-refractivity contribution in [2.75, 3.05) is 88.9 Å². The molecule has 0 atom stereocenters. The maximum absolute atomic E-state index is 10.7. The van der Waals surface area contributed by atoms with Crippen LogP contribution in [0.3, 0.4) is 0 Å². The lowest BCUT2D eigenvalue weighted by Gasteiger charge is -2.10. The minimum Gasteiger partial charge on any atom is -0.497 e. The predicted octanol–water partition coefficient (Wildman–Crippen LogP) is 10.3. The van der Waals surface area contributed by atoms with Crippen LogP contribution in [0.4, 0.5) is 0 Å². The van der Waals surface area contributed by atoms with E-state index in [0.717, 1.165) is 136 Å². The Balaban J connectivity index is 0.000000189. The Labute approximate surface area is 421 Å². The summed E-state index contributed by atoms with van der Waals surface area (Å²) in [4.78, 5) is 51.9. The Bertz CT molecular complexity index is 3030. The van der Waals surface area contributed by atoms with Crippen LogP contribution in [0.2, 0.25) is 0 Å². The van der Waals surface area contributed by atoms with Crippen molar-refractivity contribution >= 4 is 45.7 Å². The zero-order valence-electron chi connectivity index (χ0n) is 42.3. The molecule has 0 saturated heterocycles. The summed E-state index contributed by atoms with van der Waals surface area (Å²) in [5, 5.41) is 0. The second-order valence-corrected chi connectivity index (χ2v) is 18.0. The summed E-state index contributed by atoms with van der Waals surface area (Å²) in [5.41, 5.74) is 9.80. The number of aromatic amines is 3. The Morgan fingerprint density at radius 1 is 0.431 bits per heavy atom. The fourth-order valence-electron chi connectivity index (χ4n) is 7.61. The molecule has 3 aromatic heterocycles. The SMILES string of the molecule is CN(C)CCCOc1ccc2nc(-c3ccc(C=O)cc3)[nH]c2c1.CN(C)CCCOc1ccc2nc(-c3cccc(-c4nc5ccc(OCCCN(C)C)cc5[nH]4)c3)[nH]c2c1.COc1cccc(C=O)c1. The highest BCUT2D eigenvalue weighted by atomic mass is 16.5. The minimum atomic E-state index is 0.638. The monoisotopic (exact) mass is 972 g/mol. The third-order valence-corrected chi connectivity index (χ3v) is 11.4. The lowest BCUT2D eigenvalue weighted by molar-refractivity contribution is 0.111. The predicted molar refractivity (Wildman–Crippen MR) is 288 cm³/mol. The van der Waals surface area contributed by atoms with Gasteiger partial charge in [0.15, 0.2) is 0 Å². The van der Waals surface area contributed by atoms with Crippen molar-refractivity contribution in [3.63, 3.8) is 0 Å². The number of ether oxygens (including phenoxy) is 4. The van der Waals surface area contributed by atoms with Gasteiger partial charge in [-0.05, 0) is 116 Å². The van der Waals surface area contributed by atoms with Gasteiger partial charge in [-0.15, -0.1) is 0 Å². The second-order valence-electron chi connectivity index (χ2n) is 18.0. The largest absolute Gasteiger partial charge is 0.497 e. The van der Waals surface area contributed by atoms with Gasteiger partial charge in [-0.1, -0.05) is 54.6 Å². The number of methoxy groups -OCH3 is 1. The summed E-state index contributed by atoms with van der Waals surface area (Å²) >= 11 is 0. The summed E-state index contributed by atoms with van der Waals surface area (Å²) in [7, 11) is 14.0. The van der Waals surface area contributed by atoms with Gasteiger partial charge in [0.25, 0.3) is 0 Å². The van der Waals surface area contributed by atoms with Crippen molar-refractivity contribution in [2.45, 2.75) is 19.3 Å². The maximum atomic E-state index is 10.7. The molecule has 3 heterocycles. The zero-order valence-corrected chi connectivity index (χ0v) is 42.3. The van der Waals surface area contributed by atoms with Crippen molar-refractivity contribution in [1.29, 1.82) is 0 Å². The molecule has 15 nitrogen and oxygen atoms in total.